The zero-order valence-corrected chi connectivity index (χ0v) is 16.8. The van der Waals surface area contributed by atoms with Crippen LogP contribution in [0.2, 0.25) is 0 Å². The Morgan fingerprint density at radius 2 is 1.74 bits per heavy atom. The molecular formula is C20H27NO6. The molecule has 0 saturated heterocycles. The van der Waals surface area contributed by atoms with Gasteiger partial charge in [-0.3, -0.25) is 14.4 Å². The quantitative estimate of drug-likeness (QED) is 0.481. The van der Waals surface area contributed by atoms with Crippen LogP contribution in [0.25, 0.3) is 0 Å². The average molecular weight is 377 g/mol. The number of hydrogen-bond acceptors (Lipinski definition) is 6. The van der Waals surface area contributed by atoms with E-state index in [4.69, 9.17) is 14.2 Å². The fourth-order valence-corrected chi connectivity index (χ4v) is 3.24. The molecule has 0 bridgehead atoms. The minimum absolute atomic E-state index is 0.122. The highest BCUT2D eigenvalue weighted by Crippen LogP contribution is 2.43. The van der Waals surface area contributed by atoms with Gasteiger partial charge in [-0.2, -0.15) is 0 Å². The molecule has 27 heavy (non-hydrogen) atoms. The van der Waals surface area contributed by atoms with E-state index in [1.54, 1.807) is 6.92 Å². The molecule has 1 aliphatic rings. The number of ether oxygens (including phenoxy) is 3. The largest absolute Gasteiger partial charge is 0.477 e. The number of fused-ring (bicyclic) bond motifs is 1. The number of rotatable bonds is 5. The number of carbonyl (C=O) groups excluding carboxylic acids is 3. The first-order valence-electron chi connectivity index (χ1n) is 8.98. The van der Waals surface area contributed by atoms with Crippen molar-refractivity contribution in [2.45, 2.75) is 60.0 Å². The molecule has 0 saturated carbocycles. The lowest BCUT2D eigenvalue weighted by atomic mass is 9.86. The van der Waals surface area contributed by atoms with Gasteiger partial charge in [-0.1, -0.05) is 0 Å². The van der Waals surface area contributed by atoms with Crippen LogP contribution in [0.4, 0.5) is 0 Å². The lowest BCUT2D eigenvalue weighted by Gasteiger charge is -2.36. The monoisotopic (exact) mass is 377 g/mol. The summed E-state index contributed by atoms with van der Waals surface area (Å²) in [7, 11) is 0. The highest BCUT2D eigenvalue weighted by molar-refractivity contribution is 5.86. The van der Waals surface area contributed by atoms with Crippen molar-refractivity contribution >= 4 is 17.8 Å². The molecule has 0 fully saturated rings. The molecule has 0 aromatic heterocycles. The molecule has 1 aromatic rings. The maximum atomic E-state index is 12.6. The van der Waals surface area contributed by atoms with Crippen molar-refractivity contribution in [3.63, 3.8) is 0 Å². The molecular weight excluding hydrogens is 350 g/mol. The van der Waals surface area contributed by atoms with Gasteiger partial charge >= 0.3 is 11.9 Å². The summed E-state index contributed by atoms with van der Waals surface area (Å²) < 4.78 is 16.4. The molecule has 2 rings (SSSR count). The SMILES string of the molecule is CC(=O)OCCNC(=O)C1(C)CCc2c(C)c(OC(C)=O)c(C)c(C)c2O1. The average Bonchev–Trinajstić information content (AvgIpc) is 2.59. The molecule has 1 atom stereocenters. The molecule has 148 valence electrons. The van der Waals surface area contributed by atoms with Crippen molar-refractivity contribution < 1.29 is 28.6 Å². The smallest absolute Gasteiger partial charge is 0.308 e. The van der Waals surface area contributed by atoms with Crippen LogP contribution in [0.5, 0.6) is 11.5 Å². The fourth-order valence-electron chi connectivity index (χ4n) is 3.24. The first-order chi connectivity index (χ1) is 12.6. The van der Waals surface area contributed by atoms with Crippen LogP contribution in [0.1, 0.15) is 49.4 Å². The first-order valence-corrected chi connectivity index (χ1v) is 8.98. The molecule has 1 aromatic carbocycles. The molecule has 0 radical (unpaired) electrons. The van der Waals surface area contributed by atoms with Gasteiger partial charge < -0.3 is 19.5 Å². The van der Waals surface area contributed by atoms with Crippen LogP contribution < -0.4 is 14.8 Å². The van der Waals surface area contributed by atoms with E-state index in [0.29, 0.717) is 24.3 Å². The molecule has 7 nitrogen and oxygen atoms in total. The zero-order chi connectivity index (χ0) is 20.4. The van der Waals surface area contributed by atoms with Crippen molar-refractivity contribution in [2.24, 2.45) is 0 Å². The second-order valence-electron chi connectivity index (χ2n) is 7.03. The third-order valence-corrected chi connectivity index (χ3v) is 4.91. The molecule has 1 N–H and O–H groups in total. The lowest BCUT2D eigenvalue weighted by Crippen LogP contribution is -2.51. The number of amides is 1. The molecule has 0 spiro atoms. The number of hydrogen-bond donors (Lipinski definition) is 1. The molecule has 1 heterocycles. The van der Waals surface area contributed by atoms with Gasteiger partial charge in [0.25, 0.3) is 5.91 Å². The zero-order valence-electron chi connectivity index (χ0n) is 16.8. The van der Waals surface area contributed by atoms with Gasteiger partial charge in [0.1, 0.15) is 18.1 Å². The molecule has 0 aliphatic carbocycles. The summed E-state index contributed by atoms with van der Waals surface area (Å²) in [6.07, 6.45) is 1.12. The van der Waals surface area contributed by atoms with E-state index in [-0.39, 0.29) is 31.0 Å². The number of esters is 2. The van der Waals surface area contributed by atoms with Crippen LogP contribution in [0.15, 0.2) is 0 Å². The minimum Gasteiger partial charge on any atom is -0.477 e. The van der Waals surface area contributed by atoms with E-state index in [1.807, 2.05) is 20.8 Å². The number of nitrogens with one attached hydrogen (secondary N) is 1. The Bertz CT molecular complexity index is 785. The molecule has 1 aliphatic heterocycles. The van der Waals surface area contributed by atoms with Gasteiger partial charge in [-0.25, -0.2) is 0 Å². The summed E-state index contributed by atoms with van der Waals surface area (Å²) in [6.45, 7) is 10.5. The van der Waals surface area contributed by atoms with Crippen LogP contribution >= 0.6 is 0 Å². The van der Waals surface area contributed by atoms with Crippen LogP contribution in [-0.4, -0.2) is 36.6 Å². The van der Waals surface area contributed by atoms with E-state index in [9.17, 15) is 14.4 Å². The summed E-state index contributed by atoms with van der Waals surface area (Å²) in [6, 6.07) is 0. The minimum atomic E-state index is -1.02. The predicted molar refractivity (Wildman–Crippen MR) is 99.0 cm³/mol. The Morgan fingerprint density at radius 3 is 2.33 bits per heavy atom. The van der Waals surface area contributed by atoms with Crippen molar-refractivity contribution in [2.75, 3.05) is 13.2 Å². The van der Waals surface area contributed by atoms with Gasteiger partial charge in [0, 0.05) is 25.8 Å². The van der Waals surface area contributed by atoms with Crippen molar-refractivity contribution in [1.82, 2.24) is 5.32 Å². The molecule has 7 heteroatoms. The standard InChI is InChI=1S/C20H27NO6/c1-11-12(2)18-16(13(3)17(11)26-15(5)23)7-8-20(6,27-18)19(24)21-9-10-25-14(4)22/h7-10H2,1-6H3,(H,21,24). The van der Waals surface area contributed by atoms with E-state index < -0.39 is 5.60 Å². The maximum Gasteiger partial charge on any atom is 0.308 e. The fraction of sp³-hybridized carbons (Fsp3) is 0.550. The van der Waals surface area contributed by atoms with Gasteiger partial charge in [-0.15, -0.1) is 0 Å². The maximum absolute atomic E-state index is 12.6. The Balaban J connectivity index is 2.23. The van der Waals surface area contributed by atoms with Crippen molar-refractivity contribution in [3.8, 4) is 11.5 Å². The summed E-state index contributed by atoms with van der Waals surface area (Å²) in [5.41, 5.74) is 2.47. The third kappa shape index (κ3) is 4.40. The van der Waals surface area contributed by atoms with Crippen molar-refractivity contribution in [1.29, 1.82) is 0 Å². The summed E-state index contributed by atoms with van der Waals surface area (Å²) in [5.74, 6) is 0.235. The van der Waals surface area contributed by atoms with E-state index in [0.717, 1.165) is 22.3 Å². The third-order valence-electron chi connectivity index (χ3n) is 4.91. The highest BCUT2D eigenvalue weighted by atomic mass is 16.5. The normalized spacial score (nSPS) is 18.1. The van der Waals surface area contributed by atoms with Crippen LogP contribution in [0, 0.1) is 20.8 Å². The number of carbonyl (C=O) groups is 3. The highest BCUT2D eigenvalue weighted by Gasteiger charge is 2.40. The van der Waals surface area contributed by atoms with Crippen LogP contribution in [0.3, 0.4) is 0 Å². The topological polar surface area (TPSA) is 90.9 Å². The predicted octanol–water partition coefficient (Wildman–Crippen LogP) is 2.30. The molecule has 1 amide bonds. The van der Waals surface area contributed by atoms with Crippen LogP contribution in [-0.2, 0) is 25.5 Å². The summed E-state index contributed by atoms with van der Waals surface area (Å²) >= 11 is 0. The Labute approximate surface area is 159 Å². The first kappa shape index (κ1) is 20.7. The van der Waals surface area contributed by atoms with Gasteiger partial charge in [0.05, 0.1) is 6.54 Å². The van der Waals surface area contributed by atoms with Gasteiger partial charge in [-0.05, 0) is 50.8 Å². The van der Waals surface area contributed by atoms with E-state index in [1.165, 1.54) is 13.8 Å². The summed E-state index contributed by atoms with van der Waals surface area (Å²) in [4.78, 5) is 34.8. The summed E-state index contributed by atoms with van der Waals surface area (Å²) in [5, 5.41) is 2.75. The van der Waals surface area contributed by atoms with Crippen molar-refractivity contribution in [3.05, 3.63) is 22.3 Å². The lowest BCUT2D eigenvalue weighted by molar-refractivity contribution is -0.142. The van der Waals surface area contributed by atoms with E-state index in [2.05, 4.69) is 5.32 Å². The van der Waals surface area contributed by atoms with Gasteiger partial charge in [0.15, 0.2) is 5.60 Å². The Morgan fingerprint density at radius 1 is 1.07 bits per heavy atom. The van der Waals surface area contributed by atoms with Gasteiger partial charge in [0.2, 0.25) is 0 Å². The molecule has 1 unspecified atom stereocenters. The van der Waals surface area contributed by atoms with E-state index >= 15 is 0 Å². The number of benzene rings is 1. The Kier molecular flexibility index (Phi) is 6.13. The second-order valence-corrected chi connectivity index (χ2v) is 7.03. The second kappa shape index (κ2) is 7.98. The Hall–Kier alpha value is -2.57.